The second kappa shape index (κ2) is 8.19. The van der Waals surface area contributed by atoms with Crippen LogP contribution < -0.4 is 15.4 Å². The van der Waals surface area contributed by atoms with Crippen molar-refractivity contribution in [3.05, 3.63) is 48.3 Å². The van der Waals surface area contributed by atoms with Gasteiger partial charge in [-0.1, -0.05) is 18.2 Å². The Bertz CT molecular complexity index is 584. The van der Waals surface area contributed by atoms with E-state index in [2.05, 4.69) is 15.7 Å². The zero-order valence-electron chi connectivity index (χ0n) is 13.0. The highest BCUT2D eigenvalue weighted by molar-refractivity contribution is 5.78. The number of amides is 1. The Labute approximate surface area is 130 Å². The maximum atomic E-state index is 11.9. The third kappa shape index (κ3) is 4.89. The molecule has 1 amide bonds. The van der Waals surface area contributed by atoms with Crippen LogP contribution in [0.3, 0.4) is 0 Å². The lowest BCUT2D eigenvalue weighted by Gasteiger charge is -2.14. The molecule has 0 radical (unpaired) electrons. The lowest BCUT2D eigenvalue weighted by atomic mass is 10.2. The molecule has 0 bridgehead atoms. The average molecular weight is 302 g/mol. The number of hydrogen-bond acceptors (Lipinski definition) is 4. The Kier molecular flexibility index (Phi) is 5.97. The van der Waals surface area contributed by atoms with Gasteiger partial charge in [0.1, 0.15) is 5.75 Å². The van der Waals surface area contributed by atoms with Gasteiger partial charge in [-0.2, -0.15) is 5.10 Å². The number of rotatable bonds is 8. The monoisotopic (exact) mass is 302 g/mol. The zero-order valence-corrected chi connectivity index (χ0v) is 13.0. The molecule has 118 valence electrons. The van der Waals surface area contributed by atoms with Crippen LogP contribution in [0.1, 0.15) is 12.5 Å². The first-order valence-electron chi connectivity index (χ1n) is 7.28. The van der Waals surface area contributed by atoms with E-state index < -0.39 is 0 Å². The lowest BCUT2D eigenvalue weighted by molar-refractivity contribution is -0.120. The molecule has 1 heterocycles. The van der Waals surface area contributed by atoms with Crippen LogP contribution in [0.5, 0.6) is 5.75 Å². The Morgan fingerprint density at radius 3 is 2.91 bits per heavy atom. The molecule has 6 nitrogen and oxygen atoms in total. The highest BCUT2D eigenvalue weighted by Gasteiger charge is 2.07. The van der Waals surface area contributed by atoms with Crippen molar-refractivity contribution in [3.8, 4) is 5.75 Å². The fraction of sp³-hybridized carbons (Fsp3) is 0.375. The highest BCUT2D eigenvalue weighted by atomic mass is 16.5. The van der Waals surface area contributed by atoms with Crippen molar-refractivity contribution in [1.82, 2.24) is 20.4 Å². The number of hydrogen-bond donors (Lipinski definition) is 2. The topological polar surface area (TPSA) is 68.2 Å². The Balaban J connectivity index is 1.71. The fourth-order valence-corrected chi connectivity index (χ4v) is 2.13. The van der Waals surface area contributed by atoms with Gasteiger partial charge in [0.2, 0.25) is 5.91 Å². The van der Waals surface area contributed by atoms with Crippen molar-refractivity contribution in [2.24, 2.45) is 0 Å². The van der Waals surface area contributed by atoms with Crippen LogP contribution in [0.25, 0.3) is 0 Å². The fourth-order valence-electron chi connectivity index (χ4n) is 2.13. The van der Waals surface area contributed by atoms with Gasteiger partial charge in [-0.05, 0) is 19.1 Å². The van der Waals surface area contributed by atoms with E-state index in [1.807, 2.05) is 48.1 Å². The van der Waals surface area contributed by atoms with Gasteiger partial charge in [-0.25, -0.2) is 0 Å². The van der Waals surface area contributed by atoms with Gasteiger partial charge in [0.25, 0.3) is 0 Å². The van der Waals surface area contributed by atoms with Crippen LogP contribution in [-0.4, -0.2) is 35.4 Å². The van der Waals surface area contributed by atoms with Crippen molar-refractivity contribution in [1.29, 1.82) is 0 Å². The molecule has 1 atom stereocenters. The van der Waals surface area contributed by atoms with Crippen LogP contribution >= 0.6 is 0 Å². The number of carbonyl (C=O) groups excluding carboxylic acids is 1. The maximum Gasteiger partial charge on any atom is 0.234 e. The van der Waals surface area contributed by atoms with Crippen LogP contribution in [0.4, 0.5) is 0 Å². The van der Waals surface area contributed by atoms with E-state index in [4.69, 9.17) is 4.74 Å². The standard InChI is InChI=1S/C16H22N4O2/c1-13(12-20-9-5-8-19-20)17-11-16(21)18-10-14-6-3-4-7-15(14)22-2/h3-9,13,17H,10-12H2,1-2H3,(H,18,21)/t13-/m0/s1. The van der Waals surface area contributed by atoms with E-state index in [-0.39, 0.29) is 18.5 Å². The number of nitrogens with one attached hydrogen (secondary N) is 2. The van der Waals surface area contributed by atoms with Crippen LogP contribution in [0.15, 0.2) is 42.7 Å². The average Bonchev–Trinajstić information content (AvgIpc) is 3.04. The zero-order chi connectivity index (χ0) is 15.8. The molecule has 0 fully saturated rings. The molecule has 0 saturated heterocycles. The number of nitrogens with zero attached hydrogens (tertiary/aromatic N) is 2. The number of carbonyl (C=O) groups is 1. The predicted molar refractivity (Wildman–Crippen MR) is 84.5 cm³/mol. The highest BCUT2D eigenvalue weighted by Crippen LogP contribution is 2.16. The Morgan fingerprint density at radius 2 is 2.18 bits per heavy atom. The van der Waals surface area contributed by atoms with Gasteiger partial charge >= 0.3 is 0 Å². The van der Waals surface area contributed by atoms with Gasteiger partial charge in [-0.15, -0.1) is 0 Å². The minimum atomic E-state index is -0.0433. The van der Waals surface area contributed by atoms with E-state index in [0.29, 0.717) is 6.54 Å². The Hall–Kier alpha value is -2.34. The summed E-state index contributed by atoms with van der Waals surface area (Å²) in [5.41, 5.74) is 0.961. The first kappa shape index (κ1) is 16.0. The molecule has 0 aliphatic carbocycles. The minimum absolute atomic E-state index is 0.0433. The van der Waals surface area contributed by atoms with Crippen molar-refractivity contribution < 1.29 is 9.53 Å². The molecule has 0 spiro atoms. The maximum absolute atomic E-state index is 11.9. The van der Waals surface area contributed by atoms with E-state index in [1.54, 1.807) is 13.3 Å². The number of para-hydroxylation sites is 1. The van der Waals surface area contributed by atoms with Crippen LogP contribution in [0.2, 0.25) is 0 Å². The lowest BCUT2D eigenvalue weighted by Crippen LogP contribution is -2.39. The molecule has 1 aromatic heterocycles. The van der Waals surface area contributed by atoms with Crippen molar-refractivity contribution in [2.45, 2.75) is 26.1 Å². The summed E-state index contributed by atoms with van der Waals surface area (Å²) in [7, 11) is 1.62. The van der Waals surface area contributed by atoms with Gasteiger partial charge in [0, 0.05) is 30.5 Å². The molecule has 2 rings (SSSR count). The van der Waals surface area contributed by atoms with Crippen molar-refractivity contribution in [3.63, 3.8) is 0 Å². The summed E-state index contributed by atoms with van der Waals surface area (Å²) in [6.45, 7) is 3.48. The molecule has 0 unspecified atom stereocenters. The molecule has 2 aromatic rings. The van der Waals surface area contributed by atoms with Gasteiger partial charge < -0.3 is 15.4 Å². The molecule has 0 aliphatic heterocycles. The number of benzene rings is 1. The first-order chi connectivity index (χ1) is 10.7. The van der Waals surface area contributed by atoms with Crippen LogP contribution in [0, 0.1) is 0 Å². The molecule has 22 heavy (non-hydrogen) atoms. The quantitative estimate of drug-likeness (QED) is 0.768. The number of aromatic nitrogens is 2. The molecule has 6 heteroatoms. The summed E-state index contributed by atoms with van der Waals surface area (Å²) < 4.78 is 7.10. The molecule has 0 aliphatic rings. The summed E-state index contributed by atoms with van der Waals surface area (Å²) >= 11 is 0. The summed E-state index contributed by atoms with van der Waals surface area (Å²) in [5.74, 6) is 0.737. The van der Waals surface area contributed by atoms with E-state index in [1.165, 1.54) is 0 Å². The molecular weight excluding hydrogens is 280 g/mol. The first-order valence-corrected chi connectivity index (χ1v) is 7.28. The molecular formula is C16H22N4O2. The summed E-state index contributed by atoms with van der Waals surface area (Å²) in [4.78, 5) is 11.9. The smallest absolute Gasteiger partial charge is 0.234 e. The van der Waals surface area contributed by atoms with Gasteiger partial charge in [0.05, 0.1) is 20.2 Å². The second-order valence-electron chi connectivity index (χ2n) is 5.10. The third-order valence-electron chi connectivity index (χ3n) is 3.30. The summed E-state index contributed by atoms with van der Waals surface area (Å²) in [6, 6.07) is 9.69. The van der Waals surface area contributed by atoms with Crippen molar-refractivity contribution in [2.75, 3.05) is 13.7 Å². The molecule has 2 N–H and O–H groups in total. The Morgan fingerprint density at radius 1 is 1.36 bits per heavy atom. The van der Waals surface area contributed by atoms with E-state index in [0.717, 1.165) is 17.9 Å². The third-order valence-corrected chi connectivity index (χ3v) is 3.30. The molecule has 0 saturated carbocycles. The largest absolute Gasteiger partial charge is 0.496 e. The second-order valence-corrected chi connectivity index (χ2v) is 5.10. The van der Waals surface area contributed by atoms with E-state index >= 15 is 0 Å². The predicted octanol–water partition coefficient (Wildman–Crippen LogP) is 1.19. The summed E-state index contributed by atoms with van der Waals surface area (Å²) in [6.07, 6.45) is 3.65. The van der Waals surface area contributed by atoms with Gasteiger partial charge in [0.15, 0.2) is 0 Å². The number of methoxy groups -OCH3 is 1. The summed E-state index contributed by atoms with van der Waals surface area (Å²) in [5, 5.41) is 10.2. The van der Waals surface area contributed by atoms with Crippen molar-refractivity contribution >= 4 is 5.91 Å². The van der Waals surface area contributed by atoms with Crippen LogP contribution in [-0.2, 0) is 17.9 Å². The number of ether oxygens (including phenoxy) is 1. The van der Waals surface area contributed by atoms with Gasteiger partial charge in [-0.3, -0.25) is 9.48 Å². The molecule has 1 aromatic carbocycles. The normalized spacial score (nSPS) is 11.9. The SMILES string of the molecule is COc1ccccc1CNC(=O)CN[C@@H](C)Cn1cccn1. The minimum Gasteiger partial charge on any atom is -0.496 e. The van der Waals surface area contributed by atoms with E-state index in [9.17, 15) is 4.79 Å².